The van der Waals surface area contributed by atoms with E-state index in [4.69, 9.17) is 0 Å². The zero-order valence-electron chi connectivity index (χ0n) is 12.9. The van der Waals surface area contributed by atoms with E-state index in [1.54, 1.807) is 0 Å². The second kappa shape index (κ2) is 7.29. The Morgan fingerprint density at radius 2 is 1.83 bits per heavy atom. The minimum absolute atomic E-state index is 0.736. The fourth-order valence-corrected chi connectivity index (χ4v) is 2.64. The standard InChI is InChI=1S/C19H18BrN3/c1-23-18(16-9-11-17(20)12-10-16)14-22-19(23)21-13-5-8-15-6-3-2-4-7-15/h2-12,14H,13H2,1H3,(H,21,22)/b8-5+. The summed E-state index contributed by atoms with van der Waals surface area (Å²) in [5.74, 6) is 0.862. The highest BCUT2D eigenvalue weighted by Gasteiger charge is 2.07. The van der Waals surface area contributed by atoms with Crippen LogP contribution in [0.1, 0.15) is 5.56 Å². The molecule has 23 heavy (non-hydrogen) atoms. The highest BCUT2D eigenvalue weighted by molar-refractivity contribution is 9.10. The van der Waals surface area contributed by atoms with Crippen LogP contribution in [0.2, 0.25) is 0 Å². The maximum Gasteiger partial charge on any atom is 0.203 e. The van der Waals surface area contributed by atoms with E-state index in [2.05, 4.69) is 67.2 Å². The minimum atomic E-state index is 0.736. The van der Waals surface area contributed by atoms with Crippen molar-refractivity contribution in [2.75, 3.05) is 11.9 Å². The summed E-state index contributed by atoms with van der Waals surface area (Å²) < 4.78 is 3.15. The molecule has 2 aromatic carbocycles. The van der Waals surface area contributed by atoms with Crippen LogP contribution in [0.5, 0.6) is 0 Å². The molecule has 0 amide bonds. The first-order valence-corrected chi connectivity index (χ1v) is 8.26. The van der Waals surface area contributed by atoms with Gasteiger partial charge in [0, 0.05) is 18.1 Å². The summed E-state index contributed by atoms with van der Waals surface area (Å²) in [5, 5.41) is 3.34. The average molecular weight is 368 g/mol. The van der Waals surface area contributed by atoms with Crippen LogP contribution in [0, 0.1) is 0 Å². The van der Waals surface area contributed by atoms with Gasteiger partial charge in [0.1, 0.15) is 0 Å². The van der Waals surface area contributed by atoms with E-state index in [0.29, 0.717) is 0 Å². The van der Waals surface area contributed by atoms with Crippen LogP contribution >= 0.6 is 15.9 Å². The van der Waals surface area contributed by atoms with Crippen LogP contribution in [0.4, 0.5) is 5.95 Å². The molecule has 0 aliphatic carbocycles. The quantitative estimate of drug-likeness (QED) is 0.689. The first-order valence-electron chi connectivity index (χ1n) is 7.47. The zero-order chi connectivity index (χ0) is 16.1. The second-order valence-electron chi connectivity index (χ2n) is 5.23. The molecule has 4 heteroatoms. The Morgan fingerprint density at radius 3 is 2.57 bits per heavy atom. The van der Waals surface area contributed by atoms with Crippen molar-refractivity contribution in [2.24, 2.45) is 7.05 Å². The van der Waals surface area contributed by atoms with E-state index in [1.807, 2.05) is 43.6 Å². The third kappa shape index (κ3) is 3.90. The van der Waals surface area contributed by atoms with Crippen molar-refractivity contribution in [1.29, 1.82) is 0 Å². The monoisotopic (exact) mass is 367 g/mol. The lowest BCUT2D eigenvalue weighted by atomic mass is 10.2. The SMILES string of the molecule is Cn1c(-c2ccc(Br)cc2)cnc1NC/C=C/c1ccccc1. The summed E-state index contributed by atoms with van der Waals surface area (Å²) in [4.78, 5) is 4.47. The van der Waals surface area contributed by atoms with Gasteiger partial charge in [-0.25, -0.2) is 4.98 Å². The molecule has 1 N–H and O–H groups in total. The lowest BCUT2D eigenvalue weighted by Crippen LogP contribution is -2.05. The number of nitrogens with zero attached hydrogens (tertiary/aromatic N) is 2. The summed E-state index contributed by atoms with van der Waals surface area (Å²) in [5.41, 5.74) is 3.44. The van der Waals surface area contributed by atoms with Crippen molar-refractivity contribution in [1.82, 2.24) is 9.55 Å². The van der Waals surface area contributed by atoms with E-state index in [-0.39, 0.29) is 0 Å². The number of hydrogen-bond acceptors (Lipinski definition) is 2. The van der Waals surface area contributed by atoms with Crippen LogP contribution in [-0.4, -0.2) is 16.1 Å². The van der Waals surface area contributed by atoms with E-state index >= 15 is 0 Å². The Kier molecular flexibility index (Phi) is 4.93. The van der Waals surface area contributed by atoms with Gasteiger partial charge in [0.25, 0.3) is 0 Å². The largest absolute Gasteiger partial charge is 0.352 e. The Morgan fingerprint density at radius 1 is 1.09 bits per heavy atom. The van der Waals surface area contributed by atoms with Gasteiger partial charge in [-0.3, -0.25) is 0 Å². The molecular weight excluding hydrogens is 350 g/mol. The van der Waals surface area contributed by atoms with E-state index in [0.717, 1.165) is 28.2 Å². The van der Waals surface area contributed by atoms with Gasteiger partial charge in [-0.1, -0.05) is 70.5 Å². The van der Waals surface area contributed by atoms with Crippen molar-refractivity contribution in [2.45, 2.75) is 0 Å². The van der Waals surface area contributed by atoms with Crippen LogP contribution < -0.4 is 5.32 Å². The van der Waals surface area contributed by atoms with Gasteiger partial charge >= 0.3 is 0 Å². The number of benzene rings is 2. The molecule has 3 rings (SSSR count). The average Bonchev–Trinajstić information content (AvgIpc) is 2.94. The molecule has 1 heterocycles. The third-order valence-electron chi connectivity index (χ3n) is 3.62. The van der Waals surface area contributed by atoms with Crippen molar-refractivity contribution in [3.05, 3.63) is 76.9 Å². The molecule has 3 aromatic rings. The first-order chi connectivity index (χ1) is 11.2. The lowest BCUT2D eigenvalue weighted by molar-refractivity contribution is 0.920. The van der Waals surface area contributed by atoms with Crippen molar-refractivity contribution >= 4 is 28.0 Å². The molecule has 0 spiro atoms. The van der Waals surface area contributed by atoms with Gasteiger partial charge < -0.3 is 9.88 Å². The molecule has 0 atom stereocenters. The van der Waals surface area contributed by atoms with Gasteiger partial charge in [0.05, 0.1) is 11.9 Å². The molecule has 0 aliphatic heterocycles. The Bertz CT molecular complexity index is 789. The molecule has 0 aliphatic rings. The maximum absolute atomic E-state index is 4.47. The number of aromatic nitrogens is 2. The number of halogens is 1. The topological polar surface area (TPSA) is 29.9 Å². The smallest absolute Gasteiger partial charge is 0.203 e. The normalized spacial score (nSPS) is 11.0. The molecule has 0 unspecified atom stereocenters. The van der Waals surface area contributed by atoms with Crippen molar-refractivity contribution < 1.29 is 0 Å². The Labute approximate surface area is 144 Å². The predicted octanol–water partition coefficient (Wildman–Crippen LogP) is 4.97. The maximum atomic E-state index is 4.47. The number of hydrogen-bond donors (Lipinski definition) is 1. The molecule has 116 valence electrons. The van der Waals surface area contributed by atoms with Crippen LogP contribution in [0.15, 0.2) is 71.3 Å². The lowest BCUT2D eigenvalue weighted by Gasteiger charge is -2.07. The highest BCUT2D eigenvalue weighted by Crippen LogP contribution is 2.23. The molecule has 0 bridgehead atoms. The summed E-state index contributed by atoms with van der Waals surface area (Å²) in [6, 6.07) is 18.5. The molecule has 0 saturated carbocycles. The predicted molar refractivity (Wildman–Crippen MR) is 100 cm³/mol. The summed E-state index contributed by atoms with van der Waals surface area (Å²) in [6.07, 6.45) is 6.10. The number of imidazole rings is 1. The fourth-order valence-electron chi connectivity index (χ4n) is 2.37. The number of rotatable bonds is 5. The molecule has 0 radical (unpaired) electrons. The molecule has 0 fully saturated rings. The van der Waals surface area contributed by atoms with Gasteiger partial charge in [-0.15, -0.1) is 0 Å². The number of nitrogens with one attached hydrogen (secondary N) is 1. The molecular formula is C19H18BrN3. The summed E-state index contributed by atoms with van der Waals surface area (Å²) in [6.45, 7) is 0.736. The third-order valence-corrected chi connectivity index (χ3v) is 4.14. The van der Waals surface area contributed by atoms with Crippen LogP contribution in [-0.2, 0) is 7.05 Å². The van der Waals surface area contributed by atoms with Crippen LogP contribution in [0.25, 0.3) is 17.3 Å². The van der Waals surface area contributed by atoms with Gasteiger partial charge in [-0.05, 0) is 23.3 Å². The van der Waals surface area contributed by atoms with Crippen LogP contribution in [0.3, 0.4) is 0 Å². The molecule has 1 aromatic heterocycles. The summed E-state index contributed by atoms with van der Waals surface area (Å²) >= 11 is 3.46. The second-order valence-corrected chi connectivity index (χ2v) is 6.14. The Hall–Kier alpha value is -2.33. The zero-order valence-corrected chi connectivity index (χ0v) is 14.5. The van der Waals surface area contributed by atoms with E-state index in [1.165, 1.54) is 5.56 Å². The van der Waals surface area contributed by atoms with Gasteiger partial charge in [-0.2, -0.15) is 0 Å². The Balaban J connectivity index is 1.65. The highest BCUT2D eigenvalue weighted by atomic mass is 79.9. The van der Waals surface area contributed by atoms with Crippen molar-refractivity contribution in [3.8, 4) is 11.3 Å². The summed E-state index contributed by atoms with van der Waals surface area (Å²) in [7, 11) is 2.02. The minimum Gasteiger partial charge on any atom is -0.352 e. The van der Waals surface area contributed by atoms with E-state index in [9.17, 15) is 0 Å². The van der Waals surface area contributed by atoms with Crippen molar-refractivity contribution in [3.63, 3.8) is 0 Å². The molecule has 0 saturated heterocycles. The molecule has 3 nitrogen and oxygen atoms in total. The van der Waals surface area contributed by atoms with Gasteiger partial charge in [0.2, 0.25) is 5.95 Å². The first kappa shape index (κ1) is 15.6. The fraction of sp³-hybridized carbons (Fsp3) is 0.105. The van der Waals surface area contributed by atoms with E-state index < -0.39 is 0 Å². The number of anilines is 1. The van der Waals surface area contributed by atoms with Gasteiger partial charge in [0.15, 0.2) is 0 Å².